The number of ether oxygens (including phenoxy) is 2. The molecule has 2 atom stereocenters. The van der Waals surface area contributed by atoms with Crippen molar-refractivity contribution in [2.75, 3.05) is 14.2 Å². The quantitative estimate of drug-likeness (QED) is 0.581. The molecule has 0 aromatic rings. The van der Waals surface area contributed by atoms with Gasteiger partial charge in [0.2, 0.25) is 0 Å². The van der Waals surface area contributed by atoms with Crippen LogP contribution in [0.4, 0.5) is 0 Å². The molecule has 2 unspecified atom stereocenters. The van der Waals surface area contributed by atoms with Gasteiger partial charge in [0, 0.05) is 20.6 Å². The molecule has 59 valence electrons. The highest BCUT2D eigenvalue weighted by atomic mass is 16.5. The highest BCUT2D eigenvalue weighted by Crippen LogP contribution is 2.21. The van der Waals surface area contributed by atoms with E-state index in [1.54, 1.807) is 14.2 Å². The van der Waals surface area contributed by atoms with E-state index in [-0.39, 0.29) is 0 Å². The van der Waals surface area contributed by atoms with Gasteiger partial charge in [-0.3, -0.25) is 0 Å². The van der Waals surface area contributed by atoms with E-state index in [0.29, 0.717) is 12.2 Å². The Morgan fingerprint density at radius 2 is 2.10 bits per heavy atom. The first-order valence-corrected chi connectivity index (χ1v) is 3.75. The molecule has 1 radical (unpaired) electrons. The van der Waals surface area contributed by atoms with Crippen molar-refractivity contribution in [1.82, 2.24) is 0 Å². The van der Waals surface area contributed by atoms with E-state index in [4.69, 9.17) is 9.47 Å². The molecule has 2 heteroatoms. The smallest absolute Gasteiger partial charge is 0.0627 e. The van der Waals surface area contributed by atoms with Crippen LogP contribution in [0.3, 0.4) is 0 Å². The second-order valence-corrected chi connectivity index (χ2v) is 2.68. The average Bonchev–Trinajstić information content (AvgIpc) is 2.05. The summed E-state index contributed by atoms with van der Waals surface area (Å²) in [5.74, 6) is 0. The van der Waals surface area contributed by atoms with Crippen LogP contribution in [0.25, 0.3) is 0 Å². The Kier molecular flexibility index (Phi) is 3.16. The Morgan fingerprint density at radius 1 is 1.30 bits per heavy atom. The second-order valence-electron chi connectivity index (χ2n) is 2.68. The Balaban J connectivity index is 2.25. The molecule has 1 aliphatic rings. The normalized spacial score (nSPS) is 34.2. The van der Waals surface area contributed by atoms with Gasteiger partial charge in [-0.15, -0.1) is 0 Å². The van der Waals surface area contributed by atoms with Crippen LogP contribution >= 0.6 is 0 Å². The van der Waals surface area contributed by atoms with Gasteiger partial charge in [-0.2, -0.15) is 0 Å². The molecule has 0 N–H and O–H groups in total. The van der Waals surface area contributed by atoms with Gasteiger partial charge in [-0.1, -0.05) is 0 Å². The van der Waals surface area contributed by atoms with Crippen LogP contribution in [0.5, 0.6) is 0 Å². The van der Waals surface area contributed by atoms with E-state index in [9.17, 15) is 0 Å². The maximum absolute atomic E-state index is 5.22. The van der Waals surface area contributed by atoms with Crippen molar-refractivity contribution in [2.24, 2.45) is 0 Å². The fraction of sp³-hybridized carbons (Fsp3) is 0.875. The second kappa shape index (κ2) is 3.94. The minimum Gasteiger partial charge on any atom is -0.381 e. The van der Waals surface area contributed by atoms with Crippen LogP contribution in [-0.2, 0) is 9.47 Å². The molecule has 0 heterocycles. The van der Waals surface area contributed by atoms with Gasteiger partial charge in [0.25, 0.3) is 0 Å². The third kappa shape index (κ3) is 1.96. The Hall–Kier alpha value is -0.0800. The Labute approximate surface area is 62.5 Å². The highest BCUT2D eigenvalue weighted by molar-refractivity contribution is 4.86. The van der Waals surface area contributed by atoms with Crippen molar-refractivity contribution in [3.63, 3.8) is 0 Å². The predicted molar refractivity (Wildman–Crippen MR) is 39.7 cm³/mol. The summed E-state index contributed by atoms with van der Waals surface area (Å²) in [6.45, 7) is 0. The molecule has 2 nitrogen and oxygen atoms in total. The first kappa shape index (κ1) is 8.02. The molecular formula is C8H15O2. The molecule has 0 aromatic heterocycles. The first-order chi connectivity index (χ1) is 4.86. The topological polar surface area (TPSA) is 18.5 Å². The zero-order valence-electron chi connectivity index (χ0n) is 6.67. The molecule has 0 amide bonds. The lowest BCUT2D eigenvalue weighted by Gasteiger charge is -2.26. The predicted octanol–water partition coefficient (Wildman–Crippen LogP) is 1.40. The largest absolute Gasteiger partial charge is 0.381 e. The molecule has 1 aliphatic carbocycles. The van der Waals surface area contributed by atoms with Crippen LogP contribution < -0.4 is 0 Å². The van der Waals surface area contributed by atoms with Crippen LogP contribution in [0, 0.1) is 6.42 Å². The van der Waals surface area contributed by atoms with Crippen molar-refractivity contribution in [1.29, 1.82) is 0 Å². The van der Waals surface area contributed by atoms with E-state index in [2.05, 4.69) is 6.42 Å². The molecule has 0 saturated heterocycles. The summed E-state index contributed by atoms with van der Waals surface area (Å²) in [7, 11) is 3.52. The van der Waals surface area contributed by atoms with Gasteiger partial charge >= 0.3 is 0 Å². The summed E-state index contributed by atoms with van der Waals surface area (Å²) in [4.78, 5) is 0. The minimum absolute atomic E-state index is 0.318. The van der Waals surface area contributed by atoms with Crippen LogP contribution in [0.2, 0.25) is 0 Å². The van der Waals surface area contributed by atoms with Gasteiger partial charge in [0.05, 0.1) is 12.2 Å². The van der Waals surface area contributed by atoms with E-state index < -0.39 is 0 Å². The van der Waals surface area contributed by atoms with Crippen LogP contribution in [0.1, 0.15) is 19.3 Å². The molecule has 0 spiro atoms. The standard InChI is InChI=1S/C8H15O2/c1-9-7-4-3-5-8(6-7)10-2/h4,7-8H,3,5-6H2,1-2H3. The maximum Gasteiger partial charge on any atom is 0.0627 e. The van der Waals surface area contributed by atoms with E-state index in [0.717, 1.165) is 19.3 Å². The molecule has 10 heavy (non-hydrogen) atoms. The molecular weight excluding hydrogens is 128 g/mol. The van der Waals surface area contributed by atoms with Gasteiger partial charge < -0.3 is 9.47 Å². The molecule has 0 aromatic carbocycles. The third-order valence-electron chi connectivity index (χ3n) is 2.05. The fourth-order valence-electron chi connectivity index (χ4n) is 1.35. The summed E-state index contributed by atoms with van der Waals surface area (Å²) >= 11 is 0. The molecule has 1 fully saturated rings. The summed E-state index contributed by atoms with van der Waals surface area (Å²) in [5.41, 5.74) is 0. The van der Waals surface area contributed by atoms with Crippen molar-refractivity contribution < 1.29 is 9.47 Å². The van der Waals surface area contributed by atoms with Gasteiger partial charge in [-0.05, 0) is 19.3 Å². The lowest BCUT2D eigenvalue weighted by molar-refractivity contribution is 0.0136. The Bertz CT molecular complexity index is 83.3. The number of hydrogen-bond acceptors (Lipinski definition) is 2. The number of methoxy groups -OCH3 is 2. The molecule has 1 rings (SSSR count). The van der Waals surface area contributed by atoms with Crippen molar-refractivity contribution >= 4 is 0 Å². The first-order valence-electron chi connectivity index (χ1n) is 3.75. The molecule has 0 bridgehead atoms. The summed E-state index contributed by atoms with van der Waals surface area (Å²) < 4.78 is 10.4. The van der Waals surface area contributed by atoms with E-state index >= 15 is 0 Å². The lowest BCUT2D eigenvalue weighted by Crippen LogP contribution is -2.26. The van der Waals surface area contributed by atoms with Crippen molar-refractivity contribution in [2.45, 2.75) is 31.5 Å². The van der Waals surface area contributed by atoms with Gasteiger partial charge in [0.15, 0.2) is 0 Å². The van der Waals surface area contributed by atoms with Crippen molar-refractivity contribution in [3.05, 3.63) is 6.42 Å². The third-order valence-corrected chi connectivity index (χ3v) is 2.05. The maximum atomic E-state index is 5.22. The van der Waals surface area contributed by atoms with Gasteiger partial charge in [0.1, 0.15) is 0 Å². The molecule has 1 saturated carbocycles. The zero-order chi connectivity index (χ0) is 7.40. The Morgan fingerprint density at radius 3 is 2.70 bits per heavy atom. The number of rotatable bonds is 2. The monoisotopic (exact) mass is 143 g/mol. The zero-order valence-corrected chi connectivity index (χ0v) is 6.67. The summed E-state index contributed by atoms with van der Waals surface area (Å²) in [6.07, 6.45) is 6.24. The summed E-state index contributed by atoms with van der Waals surface area (Å²) in [6, 6.07) is 0. The van der Waals surface area contributed by atoms with Crippen LogP contribution in [-0.4, -0.2) is 26.4 Å². The fourth-order valence-corrected chi connectivity index (χ4v) is 1.35. The highest BCUT2D eigenvalue weighted by Gasteiger charge is 2.20. The van der Waals surface area contributed by atoms with Crippen molar-refractivity contribution in [3.8, 4) is 0 Å². The van der Waals surface area contributed by atoms with Crippen LogP contribution in [0.15, 0.2) is 0 Å². The minimum atomic E-state index is 0.318. The van der Waals surface area contributed by atoms with E-state index in [1.165, 1.54) is 0 Å². The molecule has 0 aliphatic heterocycles. The SMILES string of the molecule is COC1[CH]CCC(OC)C1. The average molecular weight is 143 g/mol. The number of hydrogen-bond donors (Lipinski definition) is 0. The van der Waals surface area contributed by atoms with Gasteiger partial charge in [-0.25, -0.2) is 0 Å². The lowest BCUT2D eigenvalue weighted by atomic mass is 9.95. The summed E-state index contributed by atoms with van der Waals surface area (Å²) in [5, 5.41) is 0. The van der Waals surface area contributed by atoms with E-state index in [1.807, 2.05) is 0 Å².